The van der Waals surface area contributed by atoms with E-state index in [-0.39, 0.29) is 12.4 Å². The van der Waals surface area contributed by atoms with Gasteiger partial charge in [-0.3, -0.25) is 4.79 Å². The summed E-state index contributed by atoms with van der Waals surface area (Å²) in [5, 5.41) is 7.69. The maximum atomic E-state index is 11.1. The van der Waals surface area contributed by atoms with Crippen molar-refractivity contribution in [1.82, 2.24) is 0 Å². The van der Waals surface area contributed by atoms with Gasteiger partial charge in [-0.25, -0.2) is 0 Å². The number of nitrogens with one attached hydrogen (secondary N) is 1. The first kappa shape index (κ1) is 12.2. The molecular weight excluding hydrogens is 194 g/mol. The summed E-state index contributed by atoms with van der Waals surface area (Å²) in [5.74, 6) is 0.232. The predicted molar refractivity (Wildman–Crippen MR) is 57.1 cm³/mol. The van der Waals surface area contributed by atoms with Gasteiger partial charge in [0, 0.05) is 18.9 Å². The van der Waals surface area contributed by atoms with Crippen molar-refractivity contribution in [1.29, 1.82) is 5.41 Å². The molecule has 1 N–H and O–H groups in total. The lowest BCUT2D eigenvalue weighted by atomic mass is 9.93. The fraction of sp³-hybridized carbons (Fsp3) is 0.818. The Labute approximate surface area is 90.5 Å². The van der Waals surface area contributed by atoms with E-state index >= 15 is 0 Å². The molecule has 15 heavy (non-hydrogen) atoms. The minimum absolute atomic E-state index is 0.144. The molecule has 0 aromatic rings. The monoisotopic (exact) mass is 213 g/mol. The van der Waals surface area contributed by atoms with Gasteiger partial charge in [-0.05, 0) is 32.1 Å². The zero-order valence-corrected chi connectivity index (χ0v) is 9.25. The number of carbonyl (C=O) groups excluding carboxylic acids is 1. The van der Waals surface area contributed by atoms with E-state index in [1.54, 1.807) is 6.92 Å². The fourth-order valence-electron chi connectivity index (χ4n) is 1.76. The summed E-state index contributed by atoms with van der Waals surface area (Å²) < 4.78 is 10.0. The quantitative estimate of drug-likeness (QED) is 0.559. The lowest BCUT2D eigenvalue weighted by molar-refractivity contribution is -0.141. The van der Waals surface area contributed by atoms with Crippen molar-refractivity contribution >= 4 is 11.7 Å². The SMILES string of the molecule is CCOC(=O)CC(=N)CC1CCOCC1. The van der Waals surface area contributed by atoms with Crippen LogP contribution in [0, 0.1) is 11.3 Å². The lowest BCUT2D eigenvalue weighted by Gasteiger charge is -2.21. The molecule has 1 saturated heterocycles. The largest absolute Gasteiger partial charge is 0.466 e. The highest BCUT2D eigenvalue weighted by molar-refractivity contribution is 5.97. The van der Waals surface area contributed by atoms with E-state index in [0.29, 0.717) is 24.7 Å². The van der Waals surface area contributed by atoms with E-state index in [9.17, 15) is 4.79 Å². The molecule has 86 valence electrons. The molecule has 0 aliphatic carbocycles. The van der Waals surface area contributed by atoms with Gasteiger partial charge in [0.1, 0.15) is 0 Å². The number of esters is 1. The normalized spacial score (nSPS) is 17.4. The average molecular weight is 213 g/mol. The molecule has 0 bridgehead atoms. The van der Waals surface area contributed by atoms with Crippen LogP contribution in [0.3, 0.4) is 0 Å². The summed E-state index contributed by atoms with van der Waals surface area (Å²) >= 11 is 0. The average Bonchev–Trinajstić information content (AvgIpc) is 2.19. The molecule has 0 unspecified atom stereocenters. The Morgan fingerprint density at radius 2 is 2.13 bits per heavy atom. The van der Waals surface area contributed by atoms with Crippen LogP contribution in [0.15, 0.2) is 0 Å². The van der Waals surface area contributed by atoms with E-state index in [1.165, 1.54) is 0 Å². The van der Waals surface area contributed by atoms with Crippen molar-refractivity contribution in [3.63, 3.8) is 0 Å². The summed E-state index contributed by atoms with van der Waals surface area (Å²) in [5.41, 5.74) is 0.486. The lowest BCUT2D eigenvalue weighted by Crippen LogP contribution is -2.20. The van der Waals surface area contributed by atoms with Crippen molar-refractivity contribution in [3.8, 4) is 0 Å². The number of carbonyl (C=O) groups is 1. The predicted octanol–water partition coefficient (Wildman–Crippen LogP) is 1.78. The maximum absolute atomic E-state index is 11.1. The second kappa shape index (κ2) is 6.56. The molecule has 1 fully saturated rings. The minimum Gasteiger partial charge on any atom is -0.466 e. The molecule has 0 spiro atoms. The van der Waals surface area contributed by atoms with Gasteiger partial charge >= 0.3 is 5.97 Å². The molecule has 1 heterocycles. The van der Waals surface area contributed by atoms with Crippen molar-refractivity contribution in [2.75, 3.05) is 19.8 Å². The molecule has 0 aromatic carbocycles. The fourth-order valence-corrected chi connectivity index (χ4v) is 1.76. The molecule has 4 heteroatoms. The van der Waals surface area contributed by atoms with E-state index in [1.807, 2.05) is 0 Å². The van der Waals surface area contributed by atoms with Gasteiger partial charge in [0.25, 0.3) is 0 Å². The van der Waals surface area contributed by atoms with Gasteiger partial charge in [0.2, 0.25) is 0 Å². The molecule has 1 aliphatic rings. The summed E-state index contributed by atoms with van der Waals surface area (Å²) in [7, 11) is 0. The van der Waals surface area contributed by atoms with E-state index in [0.717, 1.165) is 26.1 Å². The summed E-state index contributed by atoms with van der Waals surface area (Å²) in [4.78, 5) is 11.1. The molecule has 0 amide bonds. The topological polar surface area (TPSA) is 59.4 Å². The highest BCUT2D eigenvalue weighted by Crippen LogP contribution is 2.19. The van der Waals surface area contributed by atoms with Crippen LogP contribution < -0.4 is 0 Å². The van der Waals surface area contributed by atoms with E-state index in [4.69, 9.17) is 14.9 Å². The van der Waals surface area contributed by atoms with Gasteiger partial charge < -0.3 is 14.9 Å². The summed E-state index contributed by atoms with van der Waals surface area (Å²) in [6.45, 7) is 3.75. The van der Waals surface area contributed by atoms with Crippen LogP contribution >= 0.6 is 0 Å². The molecule has 0 saturated carbocycles. The number of hydrogen-bond acceptors (Lipinski definition) is 4. The first-order chi connectivity index (χ1) is 7.22. The molecule has 1 rings (SSSR count). The van der Waals surface area contributed by atoms with Gasteiger partial charge in [0.15, 0.2) is 0 Å². The second-order valence-electron chi connectivity index (χ2n) is 3.85. The first-order valence-corrected chi connectivity index (χ1v) is 5.52. The Bertz CT molecular complexity index is 222. The Hall–Kier alpha value is -0.900. The van der Waals surface area contributed by atoms with Crippen molar-refractivity contribution in [2.24, 2.45) is 5.92 Å². The molecule has 0 radical (unpaired) electrons. The molecule has 4 nitrogen and oxygen atoms in total. The third kappa shape index (κ3) is 4.93. The van der Waals surface area contributed by atoms with Crippen LogP contribution in [-0.4, -0.2) is 31.5 Å². The highest BCUT2D eigenvalue weighted by Gasteiger charge is 2.17. The number of rotatable bonds is 5. The molecular formula is C11H19NO3. The molecule has 0 atom stereocenters. The van der Waals surface area contributed by atoms with Gasteiger partial charge in [0.05, 0.1) is 13.0 Å². The Balaban J connectivity index is 2.19. The zero-order chi connectivity index (χ0) is 11.1. The Kier molecular flexibility index (Phi) is 5.32. The standard InChI is InChI=1S/C11H19NO3/c1-2-15-11(13)8-10(12)7-9-3-5-14-6-4-9/h9,12H,2-8H2,1H3. The van der Waals surface area contributed by atoms with E-state index < -0.39 is 0 Å². The van der Waals surface area contributed by atoms with Crippen molar-refractivity contribution < 1.29 is 14.3 Å². The smallest absolute Gasteiger partial charge is 0.311 e. The van der Waals surface area contributed by atoms with Crippen LogP contribution in [0.25, 0.3) is 0 Å². The van der Waals surface area contributed by atoms with Crippen LogP contribution in [-0.2, 0) is 14.3 Å². The van der Waals surface area contributed by atoms with Crippen LogP contribution in [0.5, 0.6) is 0 Å². The van der Waals surface area contributed by atoms with Crippen molar-refractivity contribution in [3.05, 3.63) is 0 Å². The van der Waals surface area contributed by atoms with Gasteiger partial charge in [-0.1, -0.05) is 0 Å². The number of ether oxygens (including phenoxy) is 2. The Morgan fingerprint density at radius 3 is 2.73 bits per heavy atom. The van der Waals surface area contributed by atoms with E-state index in [2.05, 4.69) is 0 Å². The van der Waals surface area contributed by atoms with Crippen LogP contribution in [0.1, 0.15) is 32.6 Å². The van der Waals surface area contributed by atoms with Gasteiger partial charge in [-0.15, -0.1) is 0 Å². The van der Waals surface area contributed by atoms with Crippen molar-refractivity contribution in [2.45, 2.75) is 32.6 Å². The first-order valence-electron chi connectivity index (χ1n) is 5.52. The molecule has 0 aromatic heterocycles. The third-order valence-electron chi connectivity index (χ3n) is 2.54. The summed E-state index contributed by atoms with van der Waals surface area (Å²) in [6.07, 6.45) is 2.86. The van der Waals surface area contributed by atoms with Crippen LogP contribution in [0.4, 0.5) is 0 Å². The zero-order valence-electron chi connectivity index (χ0n) is 9.25. The maximum Gasteiger partial charge on any atom is 0.311 e. The highest BCUT2D eigenvalue weighted by atomic mass is 16.5. The third-order valence-corrected chi connectivity index (χ3v) is 2.54. The second-order valence-corrected chi connectivity index (χ2v) is 3.85. The molecule has 1 aliphatic heterocycles. The summed E-state index contributed by atoms with van der Waals surface area (Å²) in [6, 6.07) is 0. The minimum atomic E-state index is -0.283. The van der Waals surface area contributed by atoms with Gasteiger partial charge in [-0.2, -0.15) is 0 Å². The van der Waals surface area contributed by atoms with Crippen LogP contribution in [0.2, 0.25) is 0 Å². The Morgan fingerprint density at radius 1 is 1.47 bits per heavy atom. The number of hydrogen-bond donors (Lipinski definition) is 1.